The Kier molecular flexibility index (Phi) is 8.02. The summed E-state index contributed by atoms with van der Waals surface area (Å²) in [5, 5.41) is 11.6. The topological polar surface area (TPSA) is 48.7 Å². The molecular weight excluding hydrogens is 518 g/mol. The Morgan fingerprint density at radius 1 is 0.762 bits per heavy atom. The molecule has 5 nitrogen and oxygen atoms in total. The van der Waals surface area contributed by atoms with E-state index < -0.39 is 6.10 Å². The maximum Gasteiger partial charge on any atom is 0.260 e. The number of benzene rings is 4. The predicted octanol–water partition coefficient (Wildman–Crippen LogP) is 6.86. The van der Waals surface area contributed by atoms with Crippen LogP contribution in [0.5, 0.6) is 0 Å². The molecule has 1 amide bonds. The standard InChI is InChI=1S/C37H35N3O2/c1-28-24-33(36(31-18-10-4-11-19-31)40(28)32-20-12-5-13-21-32)37(42)39-23-22-38(26-30-16-8-3-9-17-30)27-34(39)35(41)25-29-14-6-2-7-15-29/h2-21,24,27,35,41H,22-23,25-26H2,1H3/t35-/m1/s1. The van der Waals surface area contributed by atoms with Gasteiger partial charge in [0, 0.05) is 43.6 Å². The molecule has 0 saturated heterocycles. The van der Waals surface area contributed by atoms with E-state index >= 15 is 0 Å². The third kappa shape index (κ3) is 5.78. The molecule has 2 heterocycles. The van der Waals surface area contributed by atoms with Crippen LogP contribution in [0.2, 0.25) is 0 Å². The molecule has 0 fully saturated rings. The van der Waals surface area contributed by atoms with Gasteiger partial charge < -0.3 is 19.5 Å². The van der Waals surface area contributed by atoms with Gasteiger partial charge in [0.25, 0.3) is 5.91 Å². The monoisotopic (exact) mass is 553 g/mol. The van der Waals surface area contributed by atoms with Gasteiger partial charge in [-0.15, -0.1) is 0 Å². The number of para-hydroxylation sites is 1. The summed E-state index contributed by atoms with van der Waals surface area (Å²) >= 11 is 0. The minimum absolute atomic E-state index is 0.107. The molecule has 0 unspecified atom stereocenters. The highest BCUT2D eigenvalue weighted by Crippen LogP contribution is 2.33. The van der Waals surface area contributed by atoms with Crippen LogP contribution in [-0.4, -0.2) is 44.6 Å². The Bertz CT molecular complexity index is 1660. The average molecular weight is 554 g/mol. The smallest absolute Gasteiger partial charge is 0.260 e. The van der Waals surface area contributed by atoms with Gasteiger partial charge in [0.1, 0.15) is 0 Å². The zero-order valence-electron chi connectivity index (χ0n) is 23.8. The number of amides is 1. The zero-order chi connectivity index (χ0) is 28.9. The fourth-order valence-corrected chi connectivity index (χ4v) is 5.79. The molecule has 0 aliphatic carbocycles. The number of aromatic nitrogens is 1. The van der Waals surface area contributed by atoms with Gasteiger partial charge in [-0.25, -0.2) is 0 Å². The molecule has 4 aromatic carbocycles. The van der Waals surface area contributed by atoms with Crippen LogP contribution in [0.4, 0.5) is 0 Å². The summed E-state index contributed by atoms with van der Waals surface area (Å²) in [6.45, 7) is 3.90. The van der Waals surface area contributed by atoms with Crippen LogP contribution in [0.25, 0.3) is 16.9 Å². The van der Waals surface area contributed by atoms with Crippen LogP contribution < -0.4 is 0 Å². The summed E-state index contributed by atoms with van der Waals surface area (Å²) in [6.07, 6.45) is 1.56. The maximum atomic E-state index is 14.6. The Morgan fingerprint density at radius 3 is 1.98 bits per heavy atom. The molecule has 1 aliphatic rings. The first-order chi connectivity index (χ1) is 20.6. The van der Waals surface area contributed by atoms with E-state index in [9.17, 15) is 9.90 Å². The van der Waals surface area contributed by atoms with Crippen LogP contribution in [0.1, 0.15) is 27.2 Å². The fraction of sp³-hybridized carbons (Fsp3) is 0.162. The summed E-state index contributed by atoms with van der Waals surface area (Å²) in [7, 11) is 0. The van der Waals surface area contributed by atoms with Crippen molar-refractivity contribution in [1.29, 1.82) is 0 Å². The lowest BCUT2D eigenvalue weighted by atomic mass is 10.0. The maximum absolute atomic E-state index is 14.6. The lowest BCUT2D eigenvalue weighted by Crippen LogP contribution is -2.45. The molecule has 42 heavy (non-hydrogen) atoms. The molecule has 0 radical (unpaired) electrons. The highest BCUT2D eigenvalue weighted by atomic mass is 16.3. The van der Waals surface area contributed by atoms with E-state index in [0.717, 1.165) is 28.2 Å². The molecule has 0 spiro atoms. The Labute approximate surface area is 247 Å². The molecular formula is C37H35N3O2. The van der Waals surface area contributed by atoms with Crippen LogP contribution in [0.15, 0.2) is 139 Å². The third-order valence-corrected chi connectivity index (χ3v) is 7.80. The van der Waals surface area contributed by atoms with Crippen LogP contribution >= 0.6 is 0 Å². The molecule has 0 bridgehead atoms. The lowest BCUT2D eigenvalue weighted by molar-refractivity contribution is 0.0689. The van der Waals surface area contributed by atoms with Crippen molar-refractivity contribution in [2.75, 3.05) is 13.1 Å². The lowest BCUT2D eigenvalue weighted by Gasteiger charge is -2.37. The second-order valence-corrected chi connectivity index (χ2v) is 10.8. The summed E-state index contributed by atoms with van der Waals surface area (Å²) in [5.74, 6) is -0.107. The molecule has 6 rings (SSSR count). The number of carbonyl (C=O) groups excluding carboxylic acids is 1. The van der Waals surface area contributed by atoms with E-state index in [1.54, 1.807) is 4.90 Å². The van der Waals surface area contributed by atoms with Crippen molar-refractivity contribution in [3.8, 4) is 16.9 Å². The van der Waals surface area contributed by atoms with Crippen molar-refractivity contribution < 1.29 is 9.90 Å². The van der Waals surface area contributed by atoms with E-state index in [0.29, 0.717) is 37.3 Å². The van der Waals surface area contributed by atoms with E-state index in [-0.39, 0.29) is 5.91 Å². The number of aryl methyl sites for hydroxylation is 1. The molecule has 1 aromatic heterocycles. The Morgan fingerprint density at radius 2 is 1.33 bits per heavy atom. The molecule has 5 heteroatoms. The number of hydrogen-bond donors (Lipinski definition) is 1. The molecule has 1 N–H and O–H groups in total. The Balaban J connectivity index is 1.41. The first kappa shape index (κ1) is 27.3. The van der Waals surface area contributed by atoms with Crippen molar-refractivity contribution in [3.63, 3.8) is 0 Å². The number of carbonyl (C=O) groups is 1. The molecule has 210 valence electrons. The van der Waals surface area contributed by atoms with E-state index in [2.05, 4.69) is 33.7 Å². The minimum atomic E-state index is -0.840. The number of rotatable bonds is 8. The van der Waals surface area contributed by atoms with Crippen molar-refractivity contribution >= 4 is 5.91 Å². The fourth-order valence-electron chi connectivity index (χ4n) is 5.79. The number of hydrogen-bond acceptors (Lipinski definition) is 3. The number of aliphatic hydroxyl groups is 1. The highest BCUT2D eigenvalue weighted by Gasteiger charge is 2.32. The van der Waals surface area contributed by atoms with Crippen molar-refractivity contribution in [3.05, 3.63) is 162 Å². The summed E-state index contributed by atoms with van der Waals surface area (Å²) in [6, 6.07) is 42.4. The van der Waals surface area contributed by atoms with Crippen LogP contribution in [-0.2, 0) is 13.0 Å². The van der Waals surface area contributed by atoms with Crippen molar-refractivity contribution in [2.24, 2.45) is 0 Å². The van der Waals surface area contributed by atoms with Crippen molar-refractivity contribution in [2.45, 2.75) is 26.0 Å². The van der Waals surface area contributed by atoms with Gasteiger partial charge in [-0.3, -0.25) is 4.79 Å². The summed E-state index contributed by atoms with van der Waals surface area (Å²) in [5.41, 5.74) is 7.25. The summed E-state index contributed by atoms with van der Waals surface area (Å²) in [4.78, 5) is 18.5. The van der Waals surface area contributed by atoms with Gasteiger partial charge in [0.15, 0.2) is 0 Å². The van der Waals surface area contributed by atoms with Gasteiger partial charge in [0.2, 0.25) is 0 Å². The van der Waals surface area contributed by atoms with Gasteiger partial charge in [0.05, 0.1) is 23.1 Å². The number of nitrogens with zero attached hydrogens (tertiary/aromatic N) is 3. The van der Waals surface area contributed by atoms with Gasteiger partial charge in [-0.2, -0.15) is 0 Å². The normalized spacial score (nSPS) is 14.0. The first-order valence-corrected chi connectivity index (χ1v) is 14.5. The first-order valence-electron chi connectivity index (χ1n) is 14.5. The molecule has 0 saturated carbocycles. The largest absolute Gasteiger partial charge is 0.386 e. The molecule has 1 aliphatic heterocycles. The minimum Gasteiger partial charge on any atom is -0.386 e. The average Bonchev–Trinajstić information content (AvgIpc) is 3.39. The number of aliphatic hydroxyl groups excluding tert-OH is 1. The van der Waals surface area contributed by atoms with Crippen LogP contribution in [0, 0.1) is 6.92 Å². The van der Waals surface area contributed by atoms with Crippen molar-refractivity contribution in [1.82, 2.24) is 14.4 Å². The third-order valence-electron chi connectivity index (χ3n) is 7.80. The quantitative estimate of drug-likeness (QED) is 0.229. The van der Waals surface area contributed by atoms with E-state index in [4.69, 9.17) is 0 Å². The molecule has 1 atom stereocenters. The predicted molar refractivity (Wildman–Crippen MR) is 168 cm³/mol. The Hall–Kier alpha value is -4.87. The highest BCUT2D eigenvalue weighted by molar-refractivity contribution is 6.02. The SMILES string of the molecule is Cc1cc(C(=O)N2CCN(Cc3ccccc3)C=C2[C@H](O)Cc2ccccc2)c(-c2ccccc2)n1-c1ccccc1. The second kappa shape index (κ2) is 12.3. The van der Waals surface area contributed by atoms with E-state index in [1.165, 1.54) is 5.56 Å². The van der Waals surface area contributed by atoms with Crippen LogP contribution in [0.3, 0.4) is 0 Å². The summed E-state index contributed by atoms with van der Waals surface area (Å²) < 4.78 is 2.15. The van der Waals surface area contributed by atoms with Gasteiger partial charge >= 0.3 is 0 Å². The van der Waals surface area contributed by atoms with Gasteiger partial charge in [-0.05, 0) is 41.8 Å². The van der Waals surface area contributed by atoms with Gasteiger partial charge in [-0.1, -0.05) is 109 Å². The second-order valence-electron chi connectivity index (χ2n) is 10.8. The zero-order valence-corrected chi connectivity index (χ0v) is 23.8. The molecule has 5 aromatic rings. The van der Waals surface area contributed by atoms with E-state index in [1.807, 2.05) is 116 Å².